The fourth-order valence-corrected chi connectivity index (χ4v) is 5.11. The summed E-state index contributed by atoms with van der Waals surface area (Å²) in [5, 5.41) is 3.20. The Bertz CT molecular complexity index is 698. The lowest BCUT2D eigenvalue weighted by molar-refractivity contribution is 0.0905. The Hall–Kier alpha value is -1.05. The summed E-state index contributed by atoms with van der Waals surface area (Å²) in [6.45, 7) is 5.42. The Kier molecular flexibility index (Phi) is 5.19. The van der Waals surface area contributed by atoms with E-state index in [2.05, 4.69) is 5.32 Å². The number of nitrogens with zero attached hydrogens (tertiary/aromatic N) is 1. The van der Waals surface area contributed by atoms with E-state index in [1.807, 2.05) is 26.0 Å². The number of benzene rings is 1. The first-order chi connectivity index (χ1) is 11.7. The Morgan fingerprint density at radius 2 is 1.76 bits per heavy atom. The second-order valence-electron chi connectivity index (χ2n) is 7.44. The average Bonchev–Trinajstić information content (AvgIpc) is 3.20. The van der Waals surface area contributed by atoms with Crippen LogP contribution in [0, 0.1) is 5.92 Å². The van der Waals surface area contributed by atoms with Crippen LogP contribution in [-0.2, 0) is 10.0 Å². The summed E-state index contributed by atoms with van der Waals surface area (Å²) in [7, 11) is -3.78. The molecule has 3 rings (SSSR count). The summed E-state index contributed by atoms with van der Waals surface area (Å²) < 4.78 is 54.5. The van der Waals surface area contributed by atoms with Crippen LogP contribution in [0.25, 0.3) is 0 Å². The van der Waals surface area contributed by atoms with Gasteiger partial charge in [-0.2, -0.15) is 4.31 Å². The maximum absolute atomic E-state index is 13.4. The number of piperidine rings is 1. The molecule has 140 valence electrons. The summed E-state index contributed by atoms with van der Waals surface area (Å²) in [5.74, 6) is -3.27. The molecule has 0 aromatic heterocycles. The highest BCUT2D eigenvalue weighted by Gasteiger charge is 2.58. The lowest BCUT2D eigenvalue weighted by Gasteiger charge is -2.34. The fraction of sp³-hybridized carbons (Fsp3) is 0.667. The molecule has 25 heavy (non-hydrogen) atoms. The van der Waals surface area contributed by atoms with E-state index in [1.165, 1.54) is 4.31 Å². The Morgan fingerprint density at radius 1 is 1.20 bits per heavy atom. The van der Waals surface area contributed by atoms with Crippen LogP contribution in [0.4, 0.5) is 8.78 Å². The van der Waals surface area contributed by atoms with Gasteiger partial charge in [-0.3, -0.25) is 0 Å². The molecule has 1 saturated heterocycles. The fourth-order valence-electron chi connectivity index (χ4n) is 3.38. The van der Waals surface area contributed by atoms with Gasteiger partial charge in [-0.25, -0.2) is 17.2 Å². The lowest BCUT2D eigenvalue weighted by Crippen LogP contribution is -2.47. The molecule has 0 amide bonds. The van der Waals surface area contributed by atoms with E-state index in [9.17, 15) is 17.2 Å². The van der Waals surface area contributed by atoms with Gasteiger partial charge < -0.3 is 5.32 Å². The minimum absolute atomic E-state index is 0.0913. The normalized spacial score (nSPS) is 24.0. The lowest BCUT2D eigenvalue weighted by atomic mass is 10.0. The van der Waals surface area contributed by atoms with Gasteiger partial charge in [0.15, 0.2) is 0 Å². The summed E-state index contributed by atoms with van der Waals surface area (Å²) in [6.07, 6.45) is 1.10. The average molecular weight is 372 g/mol. The molecule has 0 spiro atoms. The molecule has 2 fully saturated rings. The van der Waals surface area contributed by atoms with E-state index >= 15 is 0 Å². The Morgan fingerprint density at radius 3 is 2.24 bits per heavy atom. The van der Waals surface area contributed by atoms with Gasteiger partial charge in [-0.1, -0.05) is 26.0 Å². The first kappa shape index (κ1) is 18.7. The molecule has 1 aromatic carbocycles. The zero-order valence-corrected chi connectivity index (χ0v) is 15.5. The highest BCUT2D eigenvalue weighted by Crippen LogP contribution is 2.49. The van der Waals surface area contributed by atoms with Gasteiger partial charge in [0.25, 0.3) is 5.92 Å². The molecule has 7 heteroatoms. The second-order valence-corrected chi connectivity index (χ2v) is 9.33. The van der Waals surface area contributed by atoms with E-state index in [4.69, 9.17) is 0 Å². The molecule has 1 aliphatic carbocycles. The van der Waals surface area contributed by atoms with Crippen LogP contribution in [0.15, 0.2) is 29.2 Å². The van der Waals surface area contributed by atoms with Crippen molar-refractivity contribution in [1.29, 1.82) is 0 Å². The zero-order valence-electron chi connectivity index (χ0n) is 14.7. The predicted octanol–water partition coefficient (Wildman–Crippen LogP) is 3.21. The molecular formula is C18H26F2N2O2S. The zero-order chi connectivity index (χ0) is 18.2. The standard InChI is InChI=1S/C18H26F2N2O2S/c1-13(2)14-3-5-17(6-4-14)25(23,24)22(12-15-11-18(15,19)20)16-7-9-21-10-8-16/h3-6,13,15-16,21H,7-12H2,1-2H3. The van der Waals surface area contributed by atoms with Crippen LogP contribution in [0.2, 0.25) is 0 Å². The number of hydrogen-bond donors (Lipinski definition) is 1. The van der Waals surface area contributed by atoms with Crippen molar-refractivity contribution in [3.8, 4) is 0 Å². The largest absolute Gasteiger partial charge is 0.317 e. The molecule has 1 N–H and O–H groups in total. The first-order valence-corrected chi connectivity index (χ1v) is 10.4. The van der Waals surface area contributed by atoms with Crippen molar-refractivity contribution < 1.29 is 17.2 Å². The molecule has 4 nitrogen and oxygen atoms in total. The van der Waals surface area contributed by atoms with Crippen LogP contribution in [0.3, 0.4) is 0 Å². The molecule has 0 radical (unpaired) electrons. The Balaban J connectivity index is 1.87. The van der Waals surface area contributed by atoms with Crippen LogP contribution in [0.1, 0.15) is 44.6 Å². The van der Waals surface area contributed by atoms with Gasteiger partial charge in [-0.05, 0) is 49.5 Å². The van der Waals surface area contributed by atoms with Gasteiger partial charge in [0.2, 0.25) is 10.0 Å². The van der Waals surface area contributed by atoms with Crippen LogP contribution in [-0.4, -0.2) is 44.3 Å². The summed E-state index contributed by atoms with van der Waals surface area (Å²) in [6, 6.07) is 6.61. The van der Waals surface area contributed by atoms with Crippen molar-refractivity contribution in [2.75, 3.05) is 19.6 Å². The van der Waals surface area contributed by atoms with Crippen molar-refractivity contribution in [3.05, 3.63) is 29.8 Å². The second kappa shape index (κ2) is 6.93. The predicted molar refractivity (Wildman–Crippen MR) is 93.4 cm³/mol. The molecule has 1 aliphatic heterocycles. The smallest absolute Gasteiger partial charge is 0.252 e. The number of halogens is 2. The first-order valence-electron chi connectivity index (χ1n) is 8.92. The quantitative estimate of drug-likeness (QED) is 0.834. The van der Waals surface area contributed by atoms with E-state index < -0.39 is 21.9 Å². The summed E-state index contributed by atoms with van der Waals surface area (Å²) in [5.41, 5.74) is 1.06. The van der Waals surface area contributed by atoms with Gasteiger partial charge in [0.1, 0.15) is 0 Å². The van der Waals surface area contributed by atoms with Crippen molar-refractivity contribution >= 4 is 10.0 Å². The SMILES string of the molecule is CC(C)c1ccc(S(=O)(=O)N(CC2CC2(F)F)C2CCNCC2)cc1. The highest BCUT2D eigenvalue weighted by molar-refractivity contribution is 7.89. The molecule has 1 saturated carbocycles. The number of alkyl halides is 2. The molecular weight excluding hydrogens is 346 g/mol. The number of rotatable bonds is 6. The van der Waals surface area contributed by atoms with E-state index in [0.717, 1.165) is 5.56 Å². The Labute approximate surface area is 148 Å². The molecule has 2 aliphatic rings. The van der Waals surface area contributed by atoms with E-state index in [0.29, 0.717) is 31.8 Å². The van der Waals surface area contributed by atoms with Crippen molar-refractivity contribution in [2.45, 2.75) is 55.9 Å². The monoisotopic (exact) mass is 372 g/mol. The van der Waals surface area contributed by atoms with Crippen LogP contribution < -0.4 is 5.32 Å². The summed E-state index contributed by atoms with van der Waals surface area (Å²) in [4.78, 5) is 0.194. The number of nitrogens with one attached hydrogen (secondary N) is 1. The van der Waals surface area contributed by atoms with Crippen molar-refractivity contribution in [2.24, 2.45) is 5.92 Å². The van der Waals surface area contributed by atoms with Crippen LogP contribution in [0.5, 0.6) is 0 Å². The van der Waals surface area contributed by atoms with E-state index in [1.54, 1.807) is 12.1 Å². The van der Waals surface area contributed by atoms with Gasteiger partial charge in [0.05, 0.1) is 4.90 Å². The summed E-state index contributed by atoms with van der Waals surface area (Å²) >= 11 is 0. The molecule has 1 unspecified atom stereocenters. The van der Waals surface area contributed by atoms with Gasteiger partial charge >= 0.3 is 0 Å². The van der Waals surface area contributed by atoms with Crippen molar-refractivity contribution in [3.63, 3.8) is 0 Å². The van der Waals surface area contributed by atoms with Crippen molar-refractivity contribution in [1.82, 2.24) is 9.62 Å². The third-order valence-electron chi connectivity index (χ3n) is 5.23. The third-order valence-corrected chi connectivity index (χ3v) is 7.16. The van der Waals surface area contributed by atoms with Crippen LogP contribution >= 0.6 is 0 Å². The van der Waals surface area contributed by atoms with E-state index in [-0.39, 0.29) is 23.9 Å². The number of sulfonamides is 1. The molecule has 1 heterocycles. The maximum atomic E-state index is 13.4. The highest BCUT2D eigenvalue weighted by atomic mass is 32.2. The molecule has 0 bridgehead atoms. The molecule has 1 atom stereocenters. The van der Waals surface area contributed by atoms with Gasteiger partial charge in [0, 0.05) is 24.9 Å². The minimum atomic E-state index is -3.78. The maximum Gasteiger partial charge on any atom is 0.252 e. The number of hydrogen-bond acceptors (Lipinski definition) is 3. The minimum Gasteiger partial charge on any atom is -0.317 e. The topological polar surface area (TPSA) is 49.4 Å². The molecule has 1 aromatic rings. The third kappa shape index (κ3) is 4.04. The van der Waals surface area contributed by atoms with Gasteiger partial charge in [-0.15, -0.1) is 0 Å².